The fraction of sp³-hybridized carbons (Fsp3) is 0. The topological polar surface area (TPSA) is 215 Å². The second-order valence-electron chi connectivity index (χ2n) is 0.396. The van der Waals surface area contributed by atoms with E-state index < -0.39 is 20.1 Å². The molecule has 10 heavy (non-hydrogen) atoms. The minimum absolute atomic E-state index is 0. The van der Waals surface area contributed by atoms with E-state index in [2.05, 4.69) is 0 Å². The third kappa shape index (κ3) is 546. The van der Waals surface area contributed by atoms with Crippen LogP contribution >= 0.6 is 0 Å². The van der Waals surface area contributed by atoms with Crippen LogP contribution in [0.1, 0.15) is 0 Å². The third-order valence-electron chi connectivity index (χ3n) is 0. The van der Waals surface area contributed by atoms with Crippen LogP contribution in [0, 0.1) is 0 Å². The summed E-state index contributed by atoms with van der Waals surface area (Å²) in [4.78, 5) is 0. The number of hydrogen-bond donors (Lipinski definition) is 1. The first kappa shape index (κ1) is 43.8. The Labute approximate surface area is 75.2 Å². The van der Waals surface area contributed by atoms with Crippen LogP contribution in [-0.2, 0) is 19.5 Å². The normalized spacial score (nSPS) is 6.00. The molecule has 72 valence electrons. The van der Waals surface area contributed by atoms with E-state index in [0.29, 0.717) is 0 Å². The van der Waals surface area contributed by atoms with Gasteiger partial charge in [-0.15, -0.1) is 0 Å². The maximum atomic E-state index is 8.73. The Bertz CT molecular complexity index is 24.7. The van der Waals surface area contributed by atoms with Gasteiger partial charge in [0.2, 0.25) is 0 Å². The summed E-state index contributed by atoms with van der Waals surface area (Å²) < 4.78 is 33.2. The predicted octanol–water partition coefficient (Wildman–Crippen LogP) is -10.4. The van der Waals surface area contributed by atoms with Gasteiger partial charge in [0.05, 0.1) is 0 Å². The zero-order valence-corrected chi connectivity index (χ0v) is 8.30. The molecule has 0 bridgehead atoms. The van der Waals surface area contributed by atoms with Gasteiger partial charge in [-0.05, 0) is 0 Å². The summed E-state index contributed by atoms with van der Waals surface area (Å²) in [5, 5.41) is 0. The molecule has 8 nitrogen and oxygen atoms in total. The Morgan fingerprint density at radius 1 is 0.800 bits per heavy atom. The van der Waals surface area contributed by atoms with Crippen molar-refractivity contribution in [2.75, 3.05) is 0 Å². The molecule has 0 aromatic heterocycles. The summed E-state index contributed by atoms with van der Waals surface area (Å²) >= 11 is -5.69. The second kappa shape index (κ2) is 16.6. The monoisotopic (exact) mass is 366 g/mol. The average Bonchev–Trinajstić information content (AvgIpc) is 0.722. The van der Waals surface area contributed by atoms with Crippen LogP contribution in [0.4, 0.5) is 0 Å². The van der Waals surface area contributed by atoms with Crippen molar-refractivity contribution >= 4 is 0 Å². The first-order chi connectivity index (χ1) is 2.00. The molecule has 0 atom stereocenters. The molecule has 0 aliphatic heterocycles. The van der Waals surface area contributed by atoms with Crippen molar-refractivity contribution in [3.63, 3.8) is 0 Å². The van der Waals surface area contributed by atoms with Gasteiger partial charge in [0.15, 0.2) is 0 Å². The van der Waals surface area contributed by atoms with E-state index in [-0.39, 0.29) is 41.4 Å². The first-order valence-corrected chi connectivity index (χ1v) is 4.24. The van der Waals surface area contributed by atoms with Gasteiger partial charge in [-0.25, -0.2) is 0 Å². The summed E-state index contributed by atoms with van der Waals surface area (Å²) in [6.07, 6.45) is 0. The smallest absolute Gasteiger partial charge is 0.368 e. The molecule has 0 aromatic rings. The van der Waals surface area contributed by atoms with Crippen molar-refractivity contribution in [1.82, 2.24) is 0 Å². The molecule has 0 heterocycles. The molecule has 0 radical (unpaired) electrons. The maximum absolute atomic E-state index is 8.73. The summed E-state index contributed by atoms with van der Waals surface area (Å²) in [6, 6.07) is 0. The van der Waals surface area contributed by atoms with Gasteiger partial charge in [-0.2, -0.15) is 0 Å². The van der Waals surface area contributed by atoms with Crippen LogP contribution in [0.2, 0.25) is 0 Å². The minimum atomic E-state index is -5.69. The maximum Gasteiger partial charge on any atom is 0.368 e. The van der Waals surface area contributed by atoms with Crippen LogP contribution in [0.3, 0.4) is 0 Å². The van der Waals surface area contributed by atoms with Gasteiger partial charge in [0.25, 0.3) is 0 Å². The Hall–Kier alpha value is 1.03. The SMILES string of the molecule is O.O.O.O.[O-][I+3]([O-])([O-])O.[Ru]. The standard InChI is InChI=1S/HIO4.4H2O.Ru/c2-1(3,4)5;;;;;/h2H;4*1H2;. The molecular weight excluding hydrogens is 356 g/mol. The molecule has 0 fully saturated rings. The summed E-state index contributed by atoms with van der Waals surface area (Å²) in [5.74, 6) is 0. The van der Waals surface area contributed by atoms with E-state index in [1.54, 1.807) is 0 Å². The van der Waals surface area contributed by atoms with E-state index in [4.69, 9.17) is 13.7 Å². The van der Waals surface area contributed by atoms with Gasteiger partial charge >= 0.3 is 20.1 Å². The van der Waals surface area contributed by atoms with Crippen molar-refractivity contribution in [2.24, 2.45) is 0 Å². The van der Waals surface area contributed by atoms with Crippen LogP contribution in [-0.4, -0.2) is 25.3 Å². The number of rotatable bonds is 0. The Morgan fingerprint density at radius 2 is 0.800 bits per heavy atom. The summed E-state index contributed by atoms with van der Waals surface area (Å²) in [7, 11) is 0. The Morgan fingerprint density at radius 3 is 0.800 bits per heavy atom. The summed E-state index contributed by atoms with van der Waals surface area (Å²) in [6.45, 7) is 0. The molecule has 0 rings (SSSR count). The number of halogens is 1. The van der Waals surface area contributed by atoms with Crippen molar-refractivity contribution in [2.45, 2.75) is 0 Å². The average molecular weight is 365 g/mol. The van der Waals surface area contributed by atoms with Gasteiger partial charge in [0, 0.05) is 22.9 Å². The van der Waals surface area contributed by atoms with E-state index in [0.717, 1.165) is 0 Å². The molecule has 0 saturated heterocycles. The molecule has 0 amide bonds. The van der Waals surface area contributed by atoms with Crippen molar-refractivity contribution in [3.05, 3.63) is 0 Å². The Balaban J connectivity index is -0.00000000800. The van der Waals surface area contributed by atoms with Crippen molar-refractivity contribution in [3.8, 4) is 0 Å². The van der Waals surface area contributed by atoms with E-state index >= 15 is 0 Å². The van der Waals surface area contributed by atoms with E-state index in [1.165, 1.54) is 0 Å². The molecule has 0 saturated carbocycles. The molecule has 9 N–H and O–H groups in total. The van der Waals surface area contributed by atoms with Gasteiger partial charge in [-0.3, -0.25) is 10.3 Å². The molecule has 0 spiro atoms. The van der Waals surface area contributed by atoms with E-state index in [9.17, 15) is 0 Å². The Kier molecular flexibility index (Phi) is 72.6. The van der Waals surface area contributed by atoms with Crippen LogP contribution in [0.15, 0.2) is 0 Å². The van der Waals surface area contributed by atoms with Crippen LogP contribution < -0.4 is 30.4 Å². The minimum Gasteiger partial charge on any atom is -0.412 e. The first-order valence-electron chi connectivity index (χ1n) is 0.632. The molecule has 10 heteroatoms. The van der Waals surface area contributed by atoms with Gasteiger partial charge in [0.1, 0.15) is 0 Å². The third-order valence-corrected chi connectivity index (χ3v) is 0. The largest absolute Gasteiger partial charge is 0.412 e. The molecule has 0 aliphatic carbocycles. The van der Waals surface area contributed by atoms with Crippen LogP contribution in [0.5, 0.6) is 0 Å². The quantitative estimate of drug-likeness (QED) is 0.326. The zero-order chi connectivity index (χ0) is 4.50. The molecular formula is H9IO8Ru. The predicted molar refractivity (Wildman–Crippen MR) is 16.7 cm³/mol. The molecule has 0 unspecified atom stereocenters. The fourth-order valence-electron chi connectivity index (χ4n) is 0. The van der Waals surface area contributed by atoms with Crippen molar-refractivity contribution in [1.29, 1.82) is 0 Å². The van der Waals surface area contributed by atoms with Gasteiger partial charge in [-0.1, -0.05) is 0 Å². The second-order valence-corrected chi connectivity index (χ2v) is 2.66. The van der Waals surface area contributed by atoms with Gasteiger partial charge < -0.3 is 21.9 Å². The summed E-state index contributed by atoms with van der Waals surface area (Å²) in [5.41, 5.74) is 0. The zero-order valence-electron chi connectivity index (χ0n) is 4.40. The molecule has 0 aromatic carbocycles. The van der Waals surface area contributed by atoms with Crippen LogP contribution in [0.25, 0.3) is 0 Å². The number of hydrogen-bond acceptors (Lipinski definition) is 4. The van der Waals surface area contributed by atoms with Crippen molar-refractivity contribution < 1.29 is 75.2 Å². The fourth-order valence-corrected chi connectivity index (χ4v) is 0. The van der Waals surface area contributed by atoms with E-state index in [1.807, 2.05) is 0 Å². The molecule has 0 aliphatic rings.